The molecule has 0 rings (SSSR count). The third-order valence-electron chi connectivity index (χ3n) is 0.575. The molecule has 0 aliphatic carbocycles. The largest absolute Gasteiger partial charge is 0.392 e. The maximum absolute atomic E-state index is 8.17. The fraction of sp³-hybridized carbons (Fsp3) is 0.333. The Kier molecular flexibility index (Phi) is 5.00. The van der Waals surface area contributed by atoms with Crippen LogP contribution in [0.25, 0.3) is 0 Å². The van der Waals surface area contributed by atoms with Gasteiger partial charge in [-0.1, -0.05) is 18.2 Å². The quantitative estimate of drug-likeness (QED) is 0.524. The van der Waals surface area contributed by atoms with Gasteiger partial charge < -0.3 is 5.11 Å². The van der Waals surface area contributed by atoms with Crippen molar-refractivity contribution in [3.63, 3.8) is 0 Å². The summed E-state index contributed by atoms with van der Waals surface area (Å²) in [4.78, 5) is 0. The molecule has 0 aliphatic rings. The van der Waals surface area contributed by atoms with Crippen LogP contribution in [-0.4, -0.2) is 11.7 Å². The first-order chi connectivity index (χ1) is 3.41. The maximum Gasteiger partial charge on any atom is 0.0612 e. The minimum Gasteiger partial charge on any atom is -0.392 e. The molecule has 0 saturated carbocycles. The van der Waals surface area contributed by atoms with E-state index in [1.165, 1.54) is 0 Å². The Morgan fingerprint density at radius 2 is 2.14 bits per heavy atom. The van der Waals surface area contributed by atoms with Crippen molar-refractivity contribution in [2.75, 3.05) is 6.61 Å². The average Bonchev–Trinajstić information content (AvgIpc) is 1.69. The molecule has 40 valence electrons. The lowest BCUT2D eigenvalue weighted by molar-refractivity contribution is 0.342. The van der Waals surface area contributed by atoms with E-state index in [4.69, 9.17) is 5.11 Å². The zero-order valence-electron chi connectivity index (χ0n) is 4.30. The van der Waals surface area contributed by atoms with E-state index >= 15 is 0 Å². The molecule has 0 saturated heterocycles. The summed E-state index contributed by atoms with van der Waals surface area (Å²) in [5.41, 5.74) is 0. The molecule has 0 radical (unpaired) electrons. The van der Waals surface area contributed by atoms with Crippen LogP contribution in [0.3, 0.4) is 0 Å². The third-order valence-corrected chi connectivity index (χ3v) is 0.575. The zero-order valence-corrected chi connectivity index (χ0v) is 4.30. The van der Waals surface area contributed by atoms with E-state index in [-0.39, 0.29) is 6.61 Å². The van der Waals surface area contributed by atoms with Gasteiger partial charge in [0, 0.05) is 0 Å². The number of aliphatic hydroxyl groups is 1. The fourth-order valence-electron chi connectivity index (χ4n) is 0.267. The molecule has 0 atom stereocenters. The normalized spacial score (nSPS) is 9.86. The van der Waals surface area contributed by atoms with E-state index in [1.54, 1.807) is 12.2 Å². The van der Waals surface area contributed by atoms with Gasteiger partial charge in [0.1, 0.15) is 0 Å². The van der Waals surface area contributed by atoms with Crippen LogP contribution >= 0.6 is 0 Å². The van der Waals surface area contributed by atoms with Crippen LogP contribution < -0.4 is 0 Å². The minimum absolute atomic E-state index is 0.133. The van der Waals surface area contributed by atoms with Crippen molar-refractivity contribution in [2.45, 2.75) is 6.42 Å². The first kappa shape index (κ1) is 6.44. The summed E-state index contributed by atoms with van der Waals surface area (Å²) in [7, 11) is 0. The predicted molar refractivity (Wildman–Crippen MR) is 31.0 cm³/mol. The molecule has 1 N–H and O–H groups in total. The predicted octanol–water partition coefficient (Wildman–Crippen LogP) is 1.11. The van der Waals surface area contributed by atoms with Crippen LogP contribution in [0, 0.1) is 0 Å². The van der Waals surface area contributed by atoms with Gasteiger partial charge >= 0.3 is 0 Å². The van der Waals surface area contributed by atoms with Crippen molar-refractivity contribution in [1.29, 1.82) is 0 Å². The summed E-state index contributed by atoms with van der Waals surface area (Å²) >= 11 is 0. The molecule has 0 aromatic rings. The summed E-state index contributed by atoms with van der Waals surface area (Å²) in [6.45, 7) is 3.63. The van der Waals surface area contributed by atoms with Gasteiger partial charge in [-0.2, -0.15) is 0 Å². The Hall–Kier alpha value is -0.560. The van der Waals surface area contributed by atoms with Crippen molar-refractivity contribution < 1.29 is 5.11 Å². The molecule has 0 aliphatic heterocycles. The van der Waals surface area contributed by atoms with Crippen molar-refractivity contribution in [1.82, 2.24) is 0 Å². The van der Waals surface area contributed by atoms with Gasteiger partial charge in [0.05, 0.1) is 6.61 Å². The summed E-state index contributed by atoms with van der Waals surface area (Å²) in [6, 6.07) is 0. The standard InChI is InChI=1S/C6H10O/c1-2-3-4-5-6-7/h2,4-5,7H,1,3,6H2/b5-4-. The highest BCUT2D eigenvalue weighted by molar-refractivity contribution is 4.87. The Morgan fingerprint density at radius 1 is 1.43 bits per heavy atom. The fourth-order valence-corrected chi connectivity index (χ4v) is 0.267. The average molecular weight is 98.1 g/mol. The van der Waals surface area contributed by atoms with Crippen LogP contribution in [0.2, 0.25) is 0 Å². The third kappa shape index (κ3) is 5.44. The van der Waals surface area contributed by atoms with Gasteiger partial charge in [-0.25, -0.2) is 0 Å². The van der Waals surface area contributed by atoms with Crippen molar-refractivity contribution in [2.24, 2.45) is 0 Å². The summed E-state index contributed by atoms with van der Waals surface area (Å²) in [5, 5.41) is 8.17. The monoisotopic (exact) mass is 98.1 g/mol. The molecular weight excluding hydrogens is 88.1 g/mol. The second kappa shape index (κ2) is 5.44. The van der Waals surface area contributed by atoms with Gasteiger partial charge in [0.15, 0.2) is 0 Å². The molecule has 0 aromatic carbocycles. The molecule has 1 nitrogen and oxygen atoms in total. The maximum atomic E-state index is 8.17. The van der Waals surface area contributed by atoms with E-state index in [9.17, 15) is 0 Å². The number of rotatable bonds is 3. The first-order valence-electron chi connectivity index (χ1n) is 2.28. The molecule has 0 amide bonds. The molecule has 0 spiro atoms. The highest BCUT2D eigenvalue weighted by Crippen LogP contribution is 1.79. The SMILES string of the molecule is C=CC/C=C\CO. The zero-order chi connectivity index (χ0) is 5.54. The molecule has 0 unspecified atom stereocenters. The number of allylic oxidation sites excluding steroid dienone is 2. The molecule has 7 heavy (non-hydrogen) atoms. The number of hydrogen-bond donors (Lipinski definition) is 1. The topological polar surface area (TPSA) is 20.2 Å². The molecule has 0 fully saturated rings. The smallest absolute Gasteiger partial charge is 0.0612 e. The van der Waals surface area contributed by atoms with E-state index in [2.05, 4.69) is 6.58 Å². The highest BCUT2D eigenvalue weighted by Gasteiger charge is 1.63. The van der Waals surface area contributed by atoms with Gasteiger partial charge in [0.25, 0.3) is 0 Å². The van der Waals surface area contributed by atoms with Gasteiger partial charge in [-0.3, -0.25) is 0 Å². The number of hydrogen-bond acceptors (Lipinski definition) is 1. The van der Waals surface area contributed by atoms with Gasteiger partial charge in [-0.05, 0) is 6.42 Å². The van der Waals surface area contributed by atoms with Gasteiger partial charge in [0.2, 0.25) is 0 Å². The number of aliphatic hydroxyl groups excluding tert-OH is 1. The molecule has 1 heteroatoms. The second-order valence-corrected chi connectivity index (χ2v) is 1.18. The lowest BCUT2D eigenvalue weighted by atomic mass is 10.4. The van der Waals surface area contributed by atoms with Crippen molar-refractivity contribution in [3.8, 4) is 0 Å². The molecule has 0 bridgehead atoms. The van der Waals surface area contributed by atoms with E-state index in [0.717, 1.165) is 6.42 Å². The molecule has 0 heterocycles. The van der Waals surface area contributed by atoms with E-state index in [1.807, 2.05) is 6.08 Å². The molecular formula is C6H10O. The Bertz CT molecular complexity index is 64.6. The Labute approximate surface area is 44.0 Å². The lowest BCUT2D eigenvalue weighted by Gasteiger charge is -1.75. The van der Waals surface area contributed by atoms with Gasteiger partial charge in [-0.15, -0.1) is 6.58 Å². The highest BCUT2D eigenvalue weighted by atomic mass is 16.2. The van der Waals surface area contributed by atoms with Crippen LogP contribution in [0.4, 0.5) is 0 Å². The summed E-state index contributed by atoms with van der Waals surface area (Å²) in [6.07, 6.45) is 6.20. The second-order valence-electron chi connectivity index (χ2n) is 1.18. The summed E-state index contributed by atoms with van der Waals surface area (Å²) < 4.78 is 0. The lowest BCUT2D eigenvalue weighted by Crippen LogP contribution is -1.68. The van der Waals surface area contributed by atoms with Crippen LogP contribution in [0.5, 0.6) is 0 Å². The van der Waals surface area contributed by atoms with Crippen LogP contribution in [-0.2, 0) is 0 Å². The minimum atomic E-state index is 0.133. The first-order valence-corrected chi connectivity index (χ1v) is 2.28. The van der Waals surface area contributed by atoms with E-state index < -0.39 is 0 Å². The van der Waals surface area contributed by atoms with Crippen LogP contribution in [0.1, 0.15) is 6.42 Å². The Balaban J connectivity index is 2.92. The Morgan fingerprint density at radius 3 is 2.57 bits per heavy atom. The van der Waals surface area contributed by atoms with E-state index in [0.29, 0.717) is 0 Å². The van der Waals surface area contributed by atoms with Crippen molar-refractivity contribution in [3.05, 3.63) is 24.8 Å². The van der Waals surface area contributed by atoms with Crippen molar-refractivity contribution >= 4 is 0 Å². The molecule has 0 aromatic heterocycles. The summed E-state index contributed by atoms with van der Waals surface area (Å²) in [5.74, 6) is 0. The van der Waals surface area contributed by atoms with Crippen LogP contribution in [0.15, 0.2) is 24.8 Å².